The SMILES string of the molecule is Cc1ccncc1C(O)c1cccc2[nH]ccc12. The predicted octanol–water partition coefficient (Wildman–Crippen LogP) is 2.95. The molecule has 3 nitrogen and oxygen atoms in total. The molecule has 0 saturated carbocycles. The van der Waals surface area contributed by atoms with Crippen molar-refractivity contribution in [2.24, 2.45) is 0 Å². The Morgan fingerprint density at radius 1 is 1.17 bits per heavy atom. The van der Waals surface area contributed by atoms with Crippen LogP contribution in [0.15, 0.2) is 48.9 Å². The van der Waals surface area contributed by atoms with Gasteiger partial charge in [0.05, 0.1) is 0 Å². The van der Waals surface area contributed by atoms with Crippen LogP contribution in [-0.4, -0.2) is 15.1 Å². The van der Waals surface area contributed by atoms with Crippen molar-refractivity contribution in [1.29, 1.82) is 0 Å². The first-order valence-corrected chi connectivity index (χ1v) is 5.92. The molecule has 0 aliphatic heterocycles. The van der Waals surface area contributed by atoms with Gasteiger partial charge >= 0.3 is 0 Å². The normalized spacial score (nSPS) is 12.8. The van der Waals surface area contributed by atoms with Gasteiger partial charge in [-0.1, -0.05) is 12.1 Å². The van der Waals surface area contributed by atoms with Crippen molar-refractivity contribution in [3.8, 4) is 0 Å². The molecule has 18 heavy (non-hydrogen) atoms. The Bertz CT molecular complexity index is 688. The number of aliphatic hydroxyl groups is 1. The Labute approximate surface area is 105 Å². The second-order valence-electron chi connectivity index (χ2n) is 4.42. The molecule has 0 fully saturated rings. The number of aliphatic hydroxyl groups excluding tert-OH is 1. The topological polar surface area (TPSA) is 48.9 Å². The summed E-state index contributed by atoms with van der Waals surface area (Å²) < 4.78 is 0. The second-order valence-corrected chi connectivity index (χ2v) is 4.42. The van der Waals surface area contributed by atoms with E-state index in [1.165, 1.54) is 0 Å². The van der Waals surface area contributed by atoms with Crippen molar-refractivity contribution in [1.82, 2.24) is 9.97 Å². The molecule has 1 aromatic carbocycles. The third-order valence-electron chi connectivity index (χ3n) is 3.30. The number of benzene rings is 1. The van der Waals surface area contributed by atoms with E-state index in [9.17, 15) is 5.11 Å². The number of nitrogens with one attached hydrogen (secondary N) is 1. The van der Waals surface area contributed by atoms with Gasteiger partial charge in [0.2, 0.25) is 0 Å². The van der Waals surface area contributed by atoms with Crippen LogP contribution >= 0.6 is 0 Å². The van der Waals surface area contributed by atoms with Crippen LogP contribution in [0, 0.1) is 6.92 Å². The van der Waals surface area contributed by atoms with Crippen molar-refractivity contribution in [2.75, 3.05) is 0 Å². The van der Waals surface area contributed by atoms with E-state index in [-0.39, 0.29) is 0 Å². The van der Waals surface area contributed by atoms with Crippen LogP contribution in [0.1, 0.15) is 22.8 Å². The van der Waals surface area contributed by atoms with Gasteiger partial charge in [0.25, 0.3) is 0 Å². The summed E-state index contributed by atoms with van der Waals surface area (Å²) in [5.74, 6) is 0. The Hall–Kier alpha value is -2.13. The van der Waals surface area contributed by atoms with Crippen LogP contribution in [0.3, 0.4) is 0 Å². The first-order chi connectivity index (χ1) is 8.77. The molecule has 3 aromatic rings. The maximum Gasteiger partial charge on any atom is 0.106 e. The van der Waals surface area contributed by atoms with E-state index in [0.29, 0.717) is 0 Å². The quantitative estimate of drug-likeness (QED) is 0.721. The van der Waals surface area contributed by atoms with E-state index in [0.717, 1.165) is 27.6 Å². The lowest BCUT2D eigenvalue weighted by molar-refractivity contribution is 0.220. The number of nitrogens with zero attached hydrogens (tertiary/aromatic N) is 1. The van der Waals surface area contributed by atoms with E-state index < -0.39 is 6.10 Å². The van der Waals surface area contributed by atoms with Gasteiger partial charge in [-0.3, -0.25) is 4.98 Å². The molecule has 90 valence electrons. The molecule has 0 spiro atoms. The summed E-state index contributed by atoms with van der Waals surface area (Å²) in [6, 6.07) is 9.80. The van der Waals surface area contributed by atoms with Gasteiger partial charge in [0, 0.05) is 35.1 Å². The van der Waals surface area contributed by atoms with Crippen LogP contribution in [0.4, 0.5) is 0 Å². The average Bonchev–Trinajstić information content (AvgIpc) is 2.86. The molecule has 0 amide bonds. The van der Waals surface area contributed by atoms with E-state index >= 15 is 0 Å². The van der Waals surface area contributed by atoms with Gasteiger partial charge in [-0.2, -0.15) is 0 Å². The number of aromatic amines is 1. The number of hydrogen-bond donors (Lipinski definition) is 2. The first kappa shape index (κ1) is 11.0. The first-order valence-electron chi connectivity index (χ1n) is 5.92. The van der Waals surface area contributed by atoms with Crippen molar-refractivity contribution in [3.63, 3.8) is 0 Å². The highest BCUT2D eigenvalue weighted by atomic mass is 16.3. The molecule has 0 bridgehead atoms. The van der Waals surface area contributed by atoms with Crippen LogP contribution in [0.2, 0.25) is 0 Å². The second kappa shape index (κ2) is 4.27. The fourth-order valence-electron chi connectivity index (χ4n) is 2.28. The predicted molar refractivity (Wildman–Crippen MR) is 71.3 cm³/mol. The number of fused-ring (bicyclic) bond motifs is 1. The Balaban J connectivity index is 2.15. The minimum atomic E-state index is -0.641. The summed E-state index contributed by atoms with van der Waals surface area (Å²) in [4.78, 5) is 7.25. The largest absolute Gasteiger partial charge is 0.384 e. The van der Waals surface area contributed by atoms with E-state index in [1.54, 1.807) is 12.4 Å². The smallest absolute Gasteiger partial charge is 0.106 e. The van der Waals surface area contributed by atoms with Crippen LogP contribution in [-0.2, 0) is 0 Å². The zero-order valence-corrected chi connectivity index (χ0v) is 10.1. The summed E-state index contributed by atoms with van der Waals surface area (Å²) in [6.45, 7) is 1.98. The van der Waals surface area contributed by atoms with Crippen LogP contribution < -0.4 is 0 Å². The third-order valence-corrected chi connectivity index (χ3v) is 3.30. The fraction of sp³-hybridized carbons (Fsp3) is 0.133. The standard InChI is InChI=1S/C15H14N2O/c1-10-5-7-16-9-13(10)15(18)12-3-2-4-14-11(12)6-8-17-14/h2-9,15,17-18H,1H3. The van der Waals surface area contributed by atoms with Crippen LogP contribution in [0.5, 0.6) is 0 Å². The molecule has 0 radical (unpaired) electrons. The number of aromatic nitrogens is 2. The van der Waals surface area contributed by atoms with Gasteiger partial charge in [-0.25, -0.2) is 0 Å². The lowest BCUT2D eigenvalue weighted by Gasteiger charge is -2.14. The molecule has 3 heteroatoms. The molecular formula is C15H14N2O. The lowest BCUT2D eigenvalue weighted by atomic mass is 9.97. The van der Waals surface area contributed by atoms with Gasteiger partial charge in [-0.15, -0.1) is 0 Å². The maximum absolute atomic E-state index is 10.5. The Morgan fingerprint density at radius 2 is 2.06 bits per heavy atom. The zero-order valence-electron chi connectivity index (χ0n) is 10.1. The molecule has 1 atom stereocenters. The third kappa shape index (κ3) is 1.69. The molecule has 2 heterocycles. The Kier molecular flexibility index (Phi) is 2.61. The highest BCUT2D eigenvalue weighted by Gasteiger charge is 2.15. The molecule has 0 saturated heterocycles. The number of pyridine rings is 1. The molecule has 3 rings (SSSR count). The molecule has 0 aliphatic carbocycles. The van der Waals surface area contributed by atoms with E-state index in [2.05, 4.69) is 9.97 Å². The van der Waals surface area contributed by atoms with Crippen molar-refractivity contribution in [3.05, 3.63) is 65.6 Å². The van der Waals surface area contributed by atoms with Crippen molar-refractivity contribution < 1.29 is 5.11 Å². The number of aryl methyl sites for hydroxylation is 1. The van der Waals surface area contributed by atoms with Gasteiger partial charge in [0.15, 0.2) is 0 Å². The van der Waals surface area contributed by atoms with E-state index in [4.69, 9.17) is 0 Å². The Morgan fingerprint density at radius 3 is 2.89 bits per heavy atom. The fourth-order valence-corrected chi connectivity index (χ4v) is 2.28. The van der Waals surface area contributed by atoms with Crippen molar-refractivity contribution in [2.45, 2.75) is 13.0 Å². The van der Waals surface area contributed by atoms with Gasteiger partial charge in [-0.05, 0) is 36.2 Å². The molecule has 2 aromatic heterocycles. The van der Waals surface area contributed by atoms with Gasteiger partial charge in [0.1, 0.15) is 6.10 Å². The summed E-state index contributed by atoms with van der Waals surface area (Å²) in [5.41, 5.74) is 3.84. The molecule has 0 aliphatic rings. The summed E-state index contributed by atoms with van der Waals surface area (Å²) in [7, 11) is 0. The van der Waals surface area contributed by atoms with Gasteiger partial charge < -0.3 is 10.1 Å². The summed E-state index contributed by atoms with van der Waals surface area (Å²) >= 11 is 0. The van der Waals surface area contributed by atoms with E-state index in [1.807, 2.05) is 43.5 Å². The minimum Gasteiger partial charge on any atom is -0.384 e. The zero-order chi connectivity index (χ0) is 12.5. The number of rotatable bonds is 2. The highest BCUT2D eigenvalue weighted by molar-refractivity contribution is 5.83. The summed E-state index contributed by atoms with van der Waals surface area (Å²) in [5, 5.41) is 11.6. The molecular weight excluding hydrogens is 224 g/mol. The number of hydrogen-bond acceptors (Lipinski definition) is 2. The monoisotopic (exact) mass is 238 g/mol. The highest BCUT2D eigenvalue weighted by Crippen LogP contribution is 2.29. The maximum atomic E-state index is 10.5. The molecule has 2 N–H and O–H groups in total. The lowest BCUT2D eigenvalue weighted by Crippen LogP contribution is -2.02. The minimum absolute atomic E-state index is 0.641. The van der Waals surface area contributed by atoms with Crippen LogP contribution in [0.25, 0.3) is 10.9 Å². The number of H-pyrrole nitrogens is 1. The average molecular weight is 238 g/mol. The van der Waals surface area contributed by atoms with Crippen molar-refractivity contribution >= 4 is 10.9 Å². The summed E-state index contributed by atoms with van der Waals surface area (Å²) in [6.07, 6.45) is 4.71. The molecule has 1 unspecified atom stereocenters.